The molecule has 1 atom stereocenters. The summed E-state index contributed by atoms with van der Waals surface area (Å²) in [6.45, 7) is 9.52. The summed E-state index contributed by atoms with van der Waals surface area (Å²) in [5.41, 5.74) is 2.18. The molecule has 1 aromatic heterocycles. The van der Waals surface area contributed by atoms with E-state index in [2.05, 4.69) is 36.3 Å². The van der Waals surface area contributed by atoms with E-state index in [1.54, 1.807) is 0 Å². The molecule has 114 valence electrons. The van der Waals surface area contributed by atoms with Crippen LogP contribution in [0.25, 0.3) is 0 Å². The summed E-state index contributed by atoms with van der Waals surface area (Å²) in [6.07, 6.45) is 1.02. The fraction of sp³-hybridized carbons (Fsp3) is 0.471. The van der Waals surface area contributed by atoms with E-state index in [0.717, 1.165) is 36.1 Å². The van der Waals surface area contributed by atoms with Gasteiger partial charge in [0.2, 0.25) is 5.89 Å². The molecule has 1 N–H and O–H groups in total. The highest BCUT2D eigenvalue weighted by atomic mass is 16.5. The molecule has 0 aliphatic rings. The summed E-state index contributed by atoms with van der Waals surface area (Å²) in [6, 6.07) is 8.45. The van der Waals surface area contributed by atoms with Crippen molar-refractivity contribution in [2.24, 2.45) is 0 Å². The van der Waals surface area contributed by atoms with E-state index in [1.165, 1.54) is 5.56 Å². The molecule has 0 saturated carbocycles. The summed E-state index contributed by atoms with van der Waals surface area (Å²) in [7, 11) is 0. The third-order valence-corrected chi connectivity index (χ3v) is 3.49. The van der Waals surface area contributed by atoms with Crippen LogP contribution in [0.15, 0.2) is 28.7 Å². The molecular formula is C17H24N2O2. The van der Waals surface area contributed by atoms with E-state index in [1.807, 2.05) is 26.0 Å². The molecule has 0 fully saturated rings. The highest BCUT2D eigenvalue weighted by Crippen LogP contribution is 2.18. The molecule has 4 heteroatoms. The molecule has 2 aromatic rings. The fourth-order valence-electron chi connectivity index (χ4n) is 2.05. The van der Waals surface area contributed by atoms with E-state index in [9.17, 15) is 0 Å². The van der Waals surface area contributed by atoms with Gasteiger partial charge in [0.05, 0.1) is 18.8 Å². The van der Waals surface area contributed by atoms with Gasteiger partial charge in [-0.1, -0.05) is 19.1 Å². The second-order valence-corrected chi connectivity index (χ2v) is 5.27. The van der Waals surface area contributed by atoms with Crippen molar-refractivity contribution in [2.75, 3.05) is 6.61 Å². The Kier molecular flexibility index (Phi) is 5.39. The summed E-state index contributed by atoms with van der Waals surface area (Å²) >= 11 is 0. The Hall–Kier alpha value is -1.81. The Morgan fingerprint density at radius 3 is 2.52 bits per heavy atom. The second kappa shape index (κ2) is 7.27. The van der Waals surface area contributed by atoms with E-state index in [-0.39, 0.29) is 6.04 Å². The maximum Gasteiger partial charge on any atom is 0.208 e. The Labute approximate surface area is 126 Å². The van der Waals surface area contributed by atoms with Crippen LogP contribution in [-0.4, -0.2) is 11.6 Å². The molecule has 0 bridgehead atoms. The number of oxazole rings is 1. The summed E-state index contributed by atoms with van der Waals surface area (Å²) in [5, 5.41) is 3.42. The molecular weight excluding hydrogens is 264 g/mol. The first-order valence-electron chi connectivity index (χ1n) is 7.49. The van der Waals surface area contributed by atoms with E-state index < -0.39 is 0 Å². The predicted octanol–water partition coefficient (Wildman–Crippen LogP) is 3.93. The maximum atomic E-state index is 5.59. The van der Waals surface area contributed by atoms with Gasteiger partial charge in [-0.25, -0.2) is 4.98 Å². The average molecular weight is 288 g/mol. The molecule has 1 heterocycles. The number of hydrogen-bond donors (Lipinski definition) is 1. The largest absolute Gasteiger partial charge is 0.494 e. The third kappa shape index (κ3) is 4.33. The van der Waals surface area contributed by atoms with Gasteiger partial charge >= 0.3 is 0 Å². The minimum absolute atomic E-state index is 0.234. The summed E-state index contributed by atoms with van der Waals surface area (Å²) in [4.78, 5) is 4.37. The fourth-order valence-corrected chi connectivity index (χ4v) is 2.05. The quantitative estimate of drug-likeness (QED) is 0.838. The topological polar surface area (TPSA) is 47.3 Å². The molecule has 0 aliphatic heterocycles. The number of benzene rings is 1. The van der Waals surface area contributed by atoms with Gasteiger partial charge in [-0.3, -0.25) is 0 Å². The van der Waals surface area contributed by atoms with Gasteiger partial charge in [0, 0.05) is 6.04 Å². The lowest BCUT2D eigenvalue weighted by atomic mass is 10.1. The average Bonchev–Trinajstić information content (AvgIpc) is 2.82. The number of nitrogens with zero attached hydrogens (tertiary/aromatic N) is 1. The molecule has 4 nitrogen and oxygen atoms in total. The van der Waals surface area contributed by atoms with Crippen molar-refractivity contribution in [2.45, 2.75) is 46.7 Å². The van der Waals surface area contributed by atoms with Crippen LogP contribution in [0.4, 0.5) is 0 Å². The number of aromatic nitrogens is 1. The molecule has 1 aromatic carbocycles. The monoisotopic (exact) mass is 288 g/mol. The first-order valence-corrected chi connectivity index (χ1v) is 7.49. The number of nitrogens with one attached hydrogen (secondary N) is 1. The normalized spacial score (nSPS) is 12.4. The van der Waals surface area contributed by atoms with Crippen LogP contribution >= 0.6 is 0 Å². The minimum Gasteiger partial charge on any atom is -0.494 e. The zero-order valence-electron chi connectivity index (χ0n) is 13.3. The highest BCUT2D eigenvalue weighted by molar-refractivity contribution is 5.28. The van der Waals surface area contributed by atoms with Crippen LogP contribution < -0.4 is 10.1 Å². The van der Waals surface area contributed by atoms with Gasteiger partial charge in [0.1, 0.15) is 11.5 Å². The van der Waals surface area contributed by atoms with Gasteiger partial charge in [-0.2, -0.15) is 0 Å². The highest BCUT2D eigenvalue weighted by Gasteiger charge is 2.09. The Bertz CT molecular complexity index is 541. The molecule has 0 saturated heterocycles. The molecule has 0 aliphatic carbocycles. The van der Waals surface area contributed by atoms with E-state index >= 15 is 0 Å². The van der Waals surface area contributed by atoms with Crippen molar-refractivity contribution < 1.29 is 9.15 Å². The molecule has 0 radical (unpaired) electrons. The van der Waals surface area contributed by atoms with Crippen molar-refractivity contribution in [3.63, 3.8) is 0 Å². The van der Waals surface area contributed by atoms with Crippen molar-refractivity contribution in [1.29, 1.82) is 0 Å². The van der Waals surface area contributed by atoms with Crippen LogP contribution in [0, 0.1) is 13.8 Å². The van der Waals surface area contributed by atoms with Gasteiger partial charge in [0.15, 0.2) is 0 Å². The van der Waals surface area contributed by atoms with Gasteiger partial charge in [-0.15, -0.1) is 0 Å². The van der Waals surface area contributed by atoms with Gasteiger partial charge in [0.25, 0.3) is 0 Å². The third-order valence-electron chi connectivity index (χ3n) is 3.49. The zero-order valence-corrected chi connectivity index (χ0v) is 13.3. The first-order chi connectivity index (χ1) is 10.1. The second-order valence-electron chi connectivity index (χ2n) is 5.27. The first kappa shape index (κ1) is 15.6. The van der Waals surface area contributed by atoms with Gasteiger partial charge in [-0.05, 0) is 44.9 Å². The van der Waals surface area contributed by atoms with Crippen LogP contribution in [0.1, 0.15) is 49.2 Å². The van der Waals surface area contributed by atoms with Crippen molar-refractivity contribution >= 4 is 0 Å². The molecule has 1 unspecified atom stereocenters. The summed E-state index contributed by atoms with van der Waals surface area (Å²) in [5.74, 6) is 2.54. The van der Waals surface area contributed by atoms with Gasteiger partial charge < -0.3 is 14.5 Å². The SMILES string of the molecule is CCCOc1ccc(C(C)NCc2nc(C)c(C)o2)cc1. The van der Waals surface area contributed by atoms with Crippen LogP contribution in [0.3, 0.4) is 0 Å². The predicted molar refractivity (Wildman–Crippen MR) is 83.5 cm³/mol. The zero-order chi connectivity index (χ0) is 15.2. The summed E-state index contributed by atoms with van der Waals surface area (Å²) < 4.78 is 11.2. The molecule has 2 rings (SSSR count). The van der Waals surface area contributed by atoms with Crippen LogP contribution in [0.2, 0.25) is 0 Å². The maximum absolute atomic E-state index is 5.59. The minimum atomic E-state index is 0.234. The van der Waals surface area contributed by atoms with Crippen molar-refractivity contribution in [1.82, 2.24) is 10.3 Å². The Morgan fingerprint density at radius 1 is 1.24 bits per heavy atom. The van der Waals surface area contributed by atoms with Crippen molar-refractivity contribution in [3.8, 4) is 5.75 Å². The van der Waals surface area contributed by atoms with E-state index in [4.69, 9.17) is 9.15 Å². The molecule has 0 amide bonds. The lowest BCUT2D eigenvalue weighted by molar-refractivity contribution is 0.317. The molecule has 21 heavy (non-hydrogen) atoms. The number of hydrogen-bond acceptors (Lipinski definition) is 4. The van der Waals surface area contributed by atoms with Crippen LogP contribution in [-0.2, 0) is 6.54 Å². The Morgan fingerprint density at radius 2 is 1.95 bits per heavy atom. The molecule has 0 spiro atoms. The lowest BCUT2D eigenvalue weighted by Crippen LogP contribution is -2.18. The standard InChI is InChI=1S/C17H24N2O2/c1-5-10-20-16-8-6-15(7-9-16)13(3)18-11-17-19-12(2)14(4)21-17/h6-9,13,18H,5,10-11H2,1-4H3. The number of aryl methyl sites for hydroxylation is 2. The van der Waals surface area contributed by atoms with Crippen molar-refractivity contribution in [3.05, 3.63) is 47.2 Å². The smallest absolute Gasteiger partial charge is 0.208 e. The number of rotatable bonds is 7. The van der Waals surface area contributed by atoms with E-state index in [0.29, 0.717) is 6.54 Å². The van der Waals surface area contributed by atoms with Crippen LogP contribution in [0.5, 0.6) is 5.75 Å². The number of ether oxygens (including phenoxy) is 1. The lowest BCUT2D eigenvalue weighted by Gasteiger charge is -2.13. The Balaban J connectivity index is 1.89.